The number of aliphatic hydroxyl groups is 1. The summed E-state index contributed by atoms with van der Waals surface area (Å²) in [6.07, 6.45) is 1.37. The van der Waals surface area contributed by atoms with E-state index in [1.165, 1.54) is 6.07 Å². The summed E-state index contributed by atoms with van der Waals surface area (Å²) in [5.74, 6) is -2.87. The van der Waals surface area contributed by atoms with Crippen LogP contribution in [0.5, 0.6) is 0 Å². The molecule has 35 heavy (non-hydrogen) atoms. The molecule has 0 aliphatic carbocycles. The van der Waals surface area contributed by atoms with Crippen LogP contribution >= 0.6 is 0 Å². The maximum Gasteiger partial charge on any atom is 0.308 e. The quantitative estimate of drug-likeness (QED) is 0.355. The Morgan fingerprint density at radius 2 is 1.71 bits per heavy atom. The van der Waals surface area contributed by atoms with Gasteiger partial charge in [0.2, 0.25) is 0 Å². The van der Waals surface area contributed by atoms with E-state index in [1.54, 1.807) is 4.90 Å². The van der Waals surface area contributed by atoms with Gasteiger partial charge in [-0.1, -0.05) is 54.6 Å². The zero-order valence-corrected chi connectivity index (χ0v) is 19.2. The number of nitrogens with zero attached hydrogens (tertiary/aromatic N) is 2. The molecule has 2 atom stereocenters. The number of aromatic nitrogens is 2. The van der Waals surface area contributed by atoms with Crippen molar-refractivity contribution in [3.05, 3.63) is 77.6 Å². The number of nitrogens with one attached hydrogen (secondary N) is 2. The Kier molecular flexibility index (Phi) is 7.57. The molecule has 1 fully saturated rings. The van der Waals surface area contributed by atoms with Crippen molar-refractivity contribution in [3.63, 3.8) is 0 Å². The summed E-state index contributed by atoms with van der Waals surface area (Å²) >= 11 is 0. The smallest absolute Gasteiger partial charge is 0.308 e. The first-order valence-corrected chi connectivity index (χ1v) is 11.6. The molecule has 1 aliphatic heterocycles. The molecule has 4 N–H and O–H groups in total. The van der Waals surface area contributed by atoms with Gasteiger partial charge in [0.25, 0.3) is 11.8 Å². The van der Waals surface area contributed by atoms with Gasteiger partial charge in [0, 0.05) is 25.2 Å². The molecule has 9 nitrogen and oxygen atoms in total. The topological polar surface area (TPSA) is 136 Å². The normalized spacial score (nSPS) is 14.6. The highest BCUT2D eigenvalue weighted by Crippen LogP contribution is 2.21. The number of H-pyrrole nitrogens is 1. The van der Waals surface area contributed by atoms with Crippen molar-refractivity contribution in [3.8, 4) is 11.1 Å². The number of carbonyl (C=O) groups is 3. The molecule has 2 amide bonds. The van der Waals surface area contributed by atoms with Crippen LogP contribution in [-0.2, 0) is 11.2 Å². The van der Waals surface area contributed by atoms with Crippen LogP contribution in [0.1, 0.15) is 39.4 Å². The van der Waals surface area contributed by atoms with Crippen LogP contribution in [0.4, 0.5) is 0 Å². The number of carboxylic acid groups (broad SMARTS) is 1. The number of carbonyl (C=O) groups excluding carboxylic acids is 2. The van der Waals surface area contributed by atoms with E-state index in [-0.39, 0.29) is 23.7 Å². The summed E-state index contributed by atoms with van der Waals surface area (Å²) in [6.45, 7) is 0.819. The third-order valence-electron chi connectivity index (χ3n) is 6.20. The number of hydrogen-bond acceptors (Lipinski definition) is 5. The van der Waals surface area contributed by atoms with E-state index in [0.717, 1.165) is 23.1 Å². The molecule has 0 bridgehead atoms. The first-order chi connectivity index (χ1) is 16.9. The Labute approximate surface area is 202 Å². The zero-order chi connectivity index (χ0) is 24.8. The highest BCUT2D eigenvalue weighted by Gasteiger charge is 2.27. The number of rotatable bonds is 10. The second-order valence-electron chi connectivity index (χ2n) is 8.70. The molecule has 9 heteroatoms. The van der Waals surface area contributed by atoms with Crippen molar-refractivity contribution in [2.75, 3.05) is 19.7 Å². The maximum atomic E-state index is 12.9. The van der Waals surface area contributed by atoms with E-state index in [9.17, 15) is 24.6 Å². The fraction of sp³-hybridized carbons (Fsp3) is 0.308. The third kappa shape index (κ3) is 5.93. The van der Waals surface area contributed by atoms with Crippen molar-refractivity contribution < 1.29 is 24.6 Å². The van der Waals surface area contributed by atoms with E-state index in [2.05, 4.69) is 15.5 Å². The largest absolute Gasteiger partial charge is 0.481 e. The predicted molar refractivity (Wildman–Crippen MR) is 129 cm³/mol. The second kappa shape index (κ2) is 11.0. The summed E-state index contributed by atoms with van der Waals surface area (Å²) in [6, 6.07) is 18.6. The molecule has 1 aromatic heterocycles. The van der Waals surface area contributed by atoms with Crippen molar-refractivity contribution in [2.45, 2.75) is 25.3 Å². The van der Waals surface area contributed by atoms with Gasteiger partial charge in [0.05, 0.1) is 12.5 Å². The monoisotopic (exact) mass is 476 g/mol. The second-order valence-corrected chi connectivity index (χ2v) is 8.70. The molecular weight excluding hydrogens is 448 g/mol. The van der Waals surface area contributed by atoms with Gasteiger partial charge in [-0.2, -0.15) is 5.10 Å². The number of aliphatic carboxylic acids is 1. The van der Waals surface area contributed by atoms with Gasteiger partial charge in [-0.05, 0) is 36.0 Å². The van der Waals surface area contributed by atoms with Gasteiger partial charge in [-0.15, -0.1) is 0 Å². The molecule has 3 aromatic rings. The number of aliphatic hydroxyl groups excluding tert-OH is 1. The van der Waals surface area contributed by atoms with Crippen LogP contribution in [0.2, 0.25) is 0 Å². The van der Waals surface area contributed by atoms with E-state index in [0.29, 0.717) is 19.5 Å². The van der Waals surface area contributed by atoms with Crippen LogP contribution in [0.25, 0.3) is 11.1 Å². The first kappa shape index (κ1) is 24.2. The molecular formula is C26H28N4O5. The number of hydrogen-bond donors (Lipinski definition) is 4. The number of amides is 2. The summed E-state index contributed by atoms with van der Waals surface area (Å²) in [4.78, 5) is 38.4. The molecule has 0 saturated carbocycles. The molecule has 0 spiro atoms. The Hall–Kier alpha value is -3.98. The average molecular weight is 477 g/mol. The lowest BCUT2D eigenvalue weighted by Gasteiger charge is -2.29. The minimum absolute atomic E-state index is 0.0473. The van der Waals surface area contributed by atoms with E-state index in [4.69, 9.17) is 0 Å². The highest BCUT2D eigenvalue weighted by molar-refractivity contribution is 5.98. The van der Waals surface area contributed by atoms with Gasteiger partial charge >= 0.3 is 5.97 Å². The average Bonchev–Trinajstić information content (AvgIpc) is 3.33. The fourth-order valence-electron chi connectivity index (χ4n) is 4.03. The minimum atomic E-state index is -1.13. The zero-order valence-electron chi connectivity index (χ0n) is 19.2. The Balaban J connectivity index is 1.47. The Bertz CT molecular complexity index is 1170. The number of likely N-dealkylation sites (tertiary alicyclic amines) is 1. The fourth-order valence-corrected chi connectivity index (χ4v) is 4.03. The number of benzene rings is 2. The first-order valence-electron chi connectivity index (χ1n) is 11.6. The Morgan fingerprint density at radius 3 is 2.31 bits per heavy atom. The van der Waals surface area contributed by atoms with Crippen molar-refractivity contribution in [1.29, 1.82) is 0 Å². The predicted octanol–water partition coefficient (Wildman–Crippen LogP) is 2.35. The van der Waals surface area contributed by atoms with Crippen LogP contribution < -0.4 is 5.32 Å². The highest BCUT2D eigenvalue weighted by atomic mass is 16.4. The minimum Gasteiger partial charge on any atom is -0.481 e. The lowest BCUT2D eigenvalue weighted by Crippen LogP contribution is -2.42. The SMILES string of the molecule is O=C(N[C@H](Cc1ccc(-c2ccccc2)cc1)C[C@@H](CO)C(=O)O)c1cc(C(=O)N2CCC2)n[nH]1. The standard InChI is InChI=1S/C26H28N4O5/c31-16-20(26(34)35)14-21(13-17-7-9-19(10-8-17)18-5-2-1-3-6-18)27-24(32)22-15-23(29-28-22)25(33)30-11-4-12-30/h1-3,5-10,15,20-21,31H,4,11-14,16H2,(H,27,32)(H,28,29)(H,34,35)/t20-,21+/m0/s1. The maximum absolute atomic E-state index is 12.9. The van der Waals surface area contributed by atoms with E-state index < -0.39 is 30.4 Å². The van der Waals surface area contributed by atoms with Crippen molar-refractivity contribution in [1.82, 2.24) is 20.4 Å². The van der Waals surface area contributed by atoms with Crippen LogP contribution in [-0.4, -0.2) is 68.8 Å². The van der Waals surface area contributed by atoms with Crippen molar-refractivity contribution in [2.24, 2.45) is 5.92 Å². The van der Waals surface area contributed by atoms with Gasteiger partial charge < -0.3 is 20.4 Å². The Morgan fingerprint density at radius 1 is 1.03 bits per heavy atom. The molecule has 2 heterocycles. The molecule has 1 aliphatic rings. The summed E-state index contributed by atoms with van der Waals surface area (Å²) in [7, 11) is 0. The van der Waals surface area contributed by atoms with Gasteiger partial charge in [-0.25, -0.2) is 0 Å². The molecule has 2 aromatic carbocycles. The van der Waals surface area contributed by atoms with Gasteiger partial charge in [0.1, 0.15) is 5.69 Å². The number of aromatic amines is 1. The molecule has 4 rings (SSSR count). The third-order valence-corrected chi connectivity index (χ3v) is 6.20. The van der Waals surface area contributed by atoms with Gasteiger partial charge in [-0.3, -0.25) is 19.5 Å². The van der Waals surface area contributed by atoms with Crippen LogP contribution in [0.15, 0.2) is 60.7 Å². The van der Waals surface area contributed by atoms with Crippen molar-refractivity contribution >= 4 is 17.8 Å². The molecule has 1 saturated heterocycles. The lowest BCUT2D eigenvalue weighted by molar-refractivity contribution is -0.143. The van der Waals surface area contributed by atoms with E-state index >= 15 is 0 Å². The summed E-state index contributed by atoms with van der Waals surface area (Å²) in [5.41, 5.74) is 3.33. The summed E-state index contributed by atoms with van der Waals surface area (Å²) in [5, 5.41) is 28.3. The van der Waals surface area contributed by atoms with E-state index in [1.807, 2.05) is 54.6 Å². The van der Waals surface area contributed by atoms with Crippen LogP contribution in [0, 0.1) is 5.92 Å². The molecule has 0 radical (unpaired) electrons. The molecule has 182 valence electrons. The lowest BCUT2D eigenvalue weighted by atomic mass is 9.94. The number of carboxylic acids is 1. The summed E-state index contributed by atoms with van der Waals surface area (Å²) < 4.78 is 0. The molecule has 0 unspecified atom stereocenters. The van der Waals surface area contributed by atoms with Gasteiger partial charge in [0.15, 0.2) is 5.69 Å². The van der Waals surface area contributed by atoms with Crippen LogP contribution in [0.3, 0.4) is 0 Å².